The Bertz CT molecular complexity index is 454. The van der Waals surface area contributed by atoms with Gasteiger partial charge in [-0.15, -0.1) is 0 Å². The van der Waals surface area contributed by atoms with Gasteiger partial charge in [0, 0.05) is 6.42 Å². The predicted molar refractivity (Wildman–Crippen MR) is 78.4 cm³/mol. The summed E-state index contributed by atoms with van der Waals surface area (Å²) in [7, 11) is 0. The number of carbonyl (C=O) groups excluding carboxylic acids is 1. The van der Waals surface area contributed by atoms with Gasteiger partial charge in [0.2, 0.25) is 5.91 Å². The molecule has 0 unspecified atom stereocenters. The van der Waals surface area contributed by atoms with Crippen LogP contribution in [0.5, 0.6) is 0 Å². The smallest absolute Gasteiger partial charge is 0.235 e. The molecule has 2 atom stereocenters. The van der Waals surface area contributed by atoms with Gasteiger partial charge in [0.15, 0.2) is 0 Å². The van der Waals surface area contributed by atoms with E-state index in [1.54, 1.807) is 11.8 Å². The van der Waals surface area contributed by atoms with E-state index >= 15 is 0 Å². The van der Waals surface area contributed by atoms with Crippen molar-refractivity contribution < 1.29 is 14.3 Å². The third-order valence-electron chi connectivity index (χ3n) is 3.63. The summed E-state index contributed by atoms with van der Waals surface area (Å²) in [6.07, 6.45) is 0.883. The molecular weight excluding hydrogens is 274 g/mol. The van der Waals surface area contributed by atoms with Crippen molar-refractivity contribution in [2.75, 3.05) is 24.7 Å². The second-order valence-corrected chi connectivity index (χ2v) is 6.19. The molecule has 0 N–H and O–H groups in total. The van der Waals surface area contributed by atoms with Gasteiger partial charge < -0.3 is 14.4 Å². The number of rotatable bonds is 4. The van der Waals surface area contributed by atoms with Crippen molar-refractivity contribution >= 4 is 17.7 Å². The maximum atomic E-state index is 12.1. The van der Waals surface area contributed by atoms with E-state index in [4.69, 9.17) is 9.47 Å². The van der Waals surface area contributed by atoms with Crippen LogP contribution >= 0.6 is 11.8 Å². The molecule has 0 aromatic heterocycles. The number of fused-ring (bicyclic) bond motifs is 1. The maximum absolute atomic E-state index is 12.1. The molecule has 5 heteroatoms. The largest absolute Gasteiger partial charge is 0.375 e. The van der Waals surface area contributed by atoms with Gasteiger partial charge in [0.05, 0.1) is 31.6 Å². The first kappa shape index (κ1) is 13.9. The highest BCUT2D eigenvalue weighted by atomic mass is 32.2. The highest BCUT2D eigenvalue weighted by Gasteiger charge is 2.38. The maximum Gasteiger partial charge on any atom is 0.235 e. The van der Waals surface area contributed by atoms with E-state index in [9.17, 15) is 4.79 Å². The van der Waals surface area contributed by atoms with E-state index in [2.05, 4.69) is 0 Å². The van der Waals surface area contributed by atoms with Gasteiger partial charge in [0.25, 0.3) is 0 Å². The molecular formula is C15H19NO3S. The molecule has 1 amide bonds. The molecule has 2 aliphatic rings. The topological polar surface area (TPSA) is 38.8 Å². The van der Waals surface area contributed by atoms with Crippen LogP contribution in [-0.2, 0) is 20.9 Å². The summed E-state index contributed by atoms with van der Waals surface area (Å²) in [6.45, 7) is 1.72. The molecule has 0 saturated carbocycles. The Hall–Kier alpha value is -1.04. The van der Waals surface area contributed by atoms with Crippen LogP contribution in [0.3, 0.4) is 0 Å². The van der Waals surface area contributed by atoms with Crippen molar-refractivity contribution in [3.8, 4) is 0 Å². The molecule has 0 radical (unpaired) electrons. The highest BCUT2D eigenvalue weighted by molar-refractivity contribution is 7.99. The molecule has 20 heavy (non-hydrogen) atoms. The van der Waals surface area contributed by atoms with E-state index in [0.29, 0.717) is 25.6 Å². The van der Waals surface area contributed by atoms with Crippen molar-refractivity contribution in [2.24, 2.45) is 0 Å². The molecule has 4 nitrogen and oxygen atoms in total. The van der Waals surface area contributed by atoms with Gasteiger partial charge in [-0.1, -0.05) is 30.3 Å². The Morgan fingerprint density at radius 3 is 3.05 bits per heavy atom. The Morgan fingerprint density at radius 1 is 1.35 bits per heavy atom. The zero-order valence-electron chi connectivity index (χ0n) is 11.4. The van der Waals surface area contributed by atoms with Crippen LogP contribution in [0.2, 0.25) is 0 Å². The summed E-state index contributed by atoms with van der Waals surface area (Å²) in [5.41, 5.74) is 1.15. The summed E-state index contributed by atoms with van der Waals surface area (Å²) < 4.78 is 11.5. The number of ether oxygens (including phenoxy) is 2. The number of thioether (sulfide) groups is 1. The van der Waals surface area contributed by atoms with Crippen molar-refractivity contribution in [1.29, 1.82) is 0 Å². The first-order chi connectivity index (χ1) is 9.84. The van der Waals surface area contributed by atoms with Crippen LogP contribution in [-0.4, -0.2) is 47.8 Å². The van der Waals surface area contributed by atoms with Gasteiger partial charge in [0.1, 0.15) is 6.23 Å². The number of nitrogens with zero attached hydrogens (tertiary/aromatic N) is 1. The van der Waals surface area contributed by atoms with Crippen molar-refractivity contribution in [2.45, 2.75) is 25.3 Å². The fourth-order valence-electron chi connectivity index (χ4n) is 2.64. The van der Waals surface area contributed by atoms with Crippen molar-refractivity contribution in [3.05, 3.63) is 35.9 Å². The quantitative estimate of drug-likeness (QED) is 0.850. The van der Waals surface area contributed by atoms with E-state index in [1.807, 2.05) is 35.2 Å². The predicted octanol–water partition coefficient (Wildman–Crippen LogP) is 1.89. The van der Waals surface area contributed by atoms with Gasteiger partial charge >= 0.3 is 0 Å². The van der Waals surface area contributed by atoms with E-state index in [-0.39, 0.29) is 18.2 Å². The minimum absolute atomic E-state index is 0.0391. The van der Waals surface area contributed by atoms with E-state index < -0.39 is 0 Å². The summed E-state index contributed by atoms with van der Waals surface area (Å²) in [5, 5.41) is 0. The molecule has 1 aromatic rings. The first-order valence-electron chi connectivity index (χ1n) is 6.97. The monoisotopic (exact) mass is 293 g/mol. The third-order valence-corrected chi connectivity index (χ3v) is 4.60. The molecule has 0 aliphatic carbocycles. The molecule has 108 valence electrons. The Kier molecular flexibility index (Phi) is 4.60. The Balaban J connectivity index is 1.53. The first-order valence-corrected chi connectivity index (χ1v) is 8.12. The van der Waals surface area contributed by atoms with Crippen LogP contribution in [0.25, 0.3) is 0 Å². The van der Waals surface area contributed by atoms with Crippen LogP contribution in [0.15, 0.2) is 30.3 Å². The number of carbonyl (C=O) groups is 1. The Morgan fingerprint density at radius 2 is 2.20 bits per heavy atom. The van der Waals surface area contributed by atoms with Crippen LogP contribution in [0.1, 0.15) is 12.0 Å². The molecule has 2 heterocycles. The second kappa shape index (κ2) is 6.61. The summed E-state index contributed by atoms with van der Waals surface area (Å²) in [4.78, 5) is 14.0. The third kappa shape index (κ3) is 3.16. The lowest BCUT2D eigenvalue weighted by molar-refractivity contribution is -0.135. The number of benzene rings is 1. The fourth-order valence-corrected chi connectivity index (χ4v) is 3.47. The molecule has 2 aliphatic heterocycles. The van der Waals surface area contributed by atoms with E-state index in [0.717, 1.165) is 17.7 Å². The summed E-state index contributed by atoms with van der Waals surface area (Å²) in [6, 6.07) is 10.1. The molecule has 2 fully saturated rings. The average Bonchev–Trinajstić information content (AvgIpc) is 2.78. The highest BCUT2D eigenvalue weighted by Crippen LogP contribution is 2.26. The summed E-state index contributed by atoms with van der Waals surface area (Å²) in [5.74, 6) is 1.74. The standard InChI is InChI=1S/C15H19NO3S/c17-14-11-20-7-6-15-16(14)13(10-19-15)9-18-8-12-4-2-1-3-5-12/h1-5,13,15H,6-11H2/t13-,15-/m0/s1. The van der Waals surface area contributed by atoms with Crippen molar-refractivity contribution in [3.63, 3.8) is 0 Å². The molecule has 0 bridgehead atoms. The van der Waals surface area contributed by atoms with Gasteiger partial charge in [-0.25, -0.2) is 0 Å². The zero-order chi connectivity index (χ0) is 13.8. The van der Waals surface area contributed by atoms with Crippen LogP contribution in [0.4, 0.5) is 0 Å². The average molecular weight is 293 g/mol. The van der Waals surface area contributed by atoms with Crippen molar-refractivity contribution in [1.82, 2.24) is 4.90 Å². The molecule has 1 aromatic carbocycles. The lowest BCUT2D eigenvalue weighted by Gasteiger charge is -2.26. The number of amides is 1. The number of hydrogen-bond donors (Lipinski definition) is 0. The molecule has 3 rings (SSSR count). The van der Waals surface area contributed by atoms with Crippen LogP contribution < -0.4 is 0 Å². The van der Waals surface area contributed by atoms with Gasteiger partial charge in [-0.2, -0.15) is 11.8 Å². The van der Waals surface area contributed by atoms with Gasteiger partial charge in [-0.3, -0.25) is 4.79 Å². The van der Waals surface area contributed by atoms with Crippen LogP contribution in [0, 0.1) is 0 Å². The minimum Gasteiger partial charge on any atom is -0.375 e. The molecule has 2 saturated heterocycles. The summed E-state index contributed by atoms with van der Waals surface area (Å²) >= 11 is 1.69. The lowest BCUT2D eigenvalue weighted by Crippen LogP contribution is -2.44. The van der Waals surface area contributed by atoms with Gasteiger partial charge in [-0.05, 0) is 11.3 Å². The fraction of sp³-hybridized carbons (Fsp3) is 0.533. The minimum atomic E-state index is -0.0391. The zero-order valence-corrected chi connectivity index (χ0v) is 12.2. The molecule has 0 spiro atoms. The van der Waals surface area contributed by atoms with E-state index in [1.165, 1.54) is 0 Å². The SMILES string of the molecule is O=C1CSCC[C@@H]2OC[C@H](COCc3ccccc3)N12. The normalized spacial score (nSPS) is 26.4. The second-order valence-electron chi connectivity index (χ2n) is 5.08. The Labute approximate surface area is 123 Å². The number of hydrogen-bond acceptors (Lipinski definition) is 4. The lowest BCUT2D eigenvalue weighted by atomic mass is 10.2.